The van der Waals surface area contributed by atoms with Crippen LogP contribution in [0.5, 0.6) is 0 Å². The number of ether oxygens (including phenoxy) is 10. The summed E-state index contributed by atoms with van der Waals surface area (Å²) in [5.74, 6) is 5.04. The number of halogens is 1. The van der Waals surface area contributed by atoms with E-state index in [-0.39, 0.29) is 117 Å². The van der Waals surface area contributed by atoms with Gasteiger partial charge < -0.3 is 88.7 Å². The van der Waals surface area contributed by atoms with E-state index in [0.717, 1.165) is 152 Å². The number of hydrogen-bond donors (Lipinski definition) is 3. The Balaban J connectivity index is 0.000000268. The third kappa shape index (κ3) is 40.8. The molecule has 10 fully saturated rings. The molecule has 5 unspecified atom stereocenters. The van der Waals surface area contributed by atoms with Gasteiger partial charge >= 0.3 is 29.8 Å². The highest BCUT2D eigenvalue weighted by molar-refractivity contribution is 6.61. The van der Waals surface area contributed by atoms with Crippen molar-refractivity contribution in [1.82, 2.24) is 29.8 Å². The number of nitrogens with one attached hydrogen (secondary N) is 1. The standard InChI is InChI=1S/C26H33NO3.C25H32N2O3.C20H29NO3.C19H28N2O3.C18H27NO.C6H15N.C2H3ClO2.5CH4/c1-20-16-17-27(26(28)30-18-21-8-4-2-5-9-21)25(20)19-29-24-14-12-23(13-15-24)22-10-6-3-7-11-22;26-23-15-16-27(25(28)30-17-19-7-3-1-4-8-19)24(23)18-29-22-13-11-21(12-14-22)20-9-5-2-6-10-20;1-15-12-13-21(20(22)23-2)19(15)14-24-18-10-8-17(9-11-18)16-6-4-3-5-7-16;1-23-19(22)21-12-11-17(20)18(21)13-24-16-9-7-15(8-10-16)14-5-3-2-4-6-14;1-14-11-12-19-18(14)13-20-17-9-7-16(8-10-17)15-5-3-2-4-6-15;1-4-7(5-2)6-3;1-5-2(3)4;;;;;/h2-11,20,23-25H,12-19H2,1H3;1-10,21-24H,11-18,26H2;3-7,15,17-19H,8-14H2,1-2H3;2-6,15-18H,7-13,20H2,1H3;2-6,14,16-19H,7-13H2,1H3;4-6H2,1-3H3;1H3;5*1H4/t20-,23?,24?,25?;21?,22?,23-,24?;15-,17?,18?,19?;15?,16?,17-,18?;14-,16?,17?,18?;;;;;;;/m00000......./s1. The summed E-state index contributed by atoms with van der Waals surface area (Å²) in [6.45, 7) is 24.6. The van der Waals surface area contributed by atoms with Crippen molar-refractivity contribution in [1.29, 1.82) is 0 Å². The highest BCUT2D eigenvalue weighted by Gasteiger charge is 2.42. The fourth-order valence-electron chi connectivity index (χ4n) is 21.9. The molecule has 7 aromatic rings. The molecule has 808 valence electrons. The van der Waals surface area contributed by atoms with E-state index in [2.05, 4.69) is 220 Å². The molecule has 5 heterocycles. The number of likely N-dealkylation sites (tertiary alicyclic amines) is 4. The number of nitrogens with zero attached hydrogens (tertiary/aromatic N) is 5. The highest BCUT2D eigenvalue weighted by atomic mass is 35.5. The molecule has 5 N–H and O–H groups in total. The molecule has 5 saturated carbocycles. The van der Waals surface area contributed by atoms with Crippen molar-refractivity contribution in [2.24, 2.45) is 29.2 Å². The van der Waals surface area contributed by atoms with Crippen LogP contribution in [0.4, 0.5) is 24.0 Å². The van der Waals surface area contributed by atoms with Crippen LogP contribution in [0, 0.1) is 17.8 Å². The van der Waals surface area contributed by atoms with E-state index in [4.69, 9.17) is 54.1 Å². The maximum absolute atomic E-state index is 12.7. The van der Waals surface area contributed by atoms with E-state index in [1.165, 1.54) is 127 Å². The lowest BCUT2D eigenvalue weighted by Crippen LogP contribution is -2.46. The van der Waals surface area contributed by atoms with Crippen molar-refractivity contribution in [3.8, 4) is 0 Å². The number of rotatable bonds is 27. The predicted molar refractivity (Wildman–Crippen MR) is 591 cm³/mol. The number of carbonyl (C=O) groups excluding carboxylic acids is 5. The first-order valence-electron chi connectivity index (χ1n) is 52.9. The lowest BCUT2D eigenvalue weighted by Gasteiger charge is -2.32. The Labute approximate surface area is 879 Å². The second kappa shape index (κ2) is 68.6. The largest absolute Gasteiger partial charge is 0.457 e. The van der Waals surface area contributed by atoms with Crippen molar-refractivity contribution in [2.45, 2.75) is 355 Å². The fraction of sp³-hybridized carbons (Fsp3) is 0.612. The van der Waals surface area contributed by atoms with Crippen LogP contribution in [0.15, 0.2) is 212 Å². The van der Waals surface area contributed by atoms with Gasteiger partial charge in [-0.1, -0.05) is 291 Å². The van der Waals surface area contributed by atoms with Crippen LogP contribution in [-0.4, -0.2) is 234 Å². The van der Waals surface area contributed by atoms with E-state index in [0.29, 0.717) is 106 Å². The Morgan fingerprint density at radius 3 is 0.786 bits per heavy atom. The summed E-state index contributed by atoms with van der Waals surface area (Å²) >= 11 is 4.60. The topological polar surface area (TPSA) is 258 Å². The van der Waals surface area contributed by atoms with Crippen molar-refractivity contribution in [3.05, 3.63) is 251 Å². The van der Waals surface area contributed by atoms with Gasteiger partial charge in [-0.05, 0) is 273 Å². The van der Waals surface area contributed by atoms with Crippen LogP contribution in [-0.2, 0) is 60.6 Å². The molecule has 10 aliphatic rings. The zero-order valence-corrected chi connectivity index (χ0v) is 86.2. The molecule has 5 aliphatic carbocycles. The SMILES string of the molecule is C.C.C.C.C.CCN(CC)CC.COC(=O)Cl.COC(=O)N1CC[C@H](C)C1COC1CCC(c2ccccc2)CC1.COC(=O)N1CC[C@H](N)C1COC1CCC(c2ccccc2)CC1.C[C@H]1CCN(C(=O)OCc2ccccc2)C1COC1CCC(c2ccccc2)CC1.C[C@H]1CCNC1COC1CCC(c2ccccc2)CC1.N[C@H]1CCN(C(=O)OCc2ccccc2)C1COC1CCC(c2ccccc2)CC1. The molecule has 0 aromatic heterocycles. The minimum Gasteiger partial charge on any atom is -0.457 e. The van der Waals surface area contributed by atoms with Gasteiger partial charge in [0, 0.05) is 55.9 Å². The van der Waals surface area contributed by atoms with Crippen molar-refractivity contribution in [3.63, 3.8) is 0 Å². The van der Waals surface area contributed by atoms with Gasteiger partial charge in [-0.25, -0.2) is 24.0 Å². The zero-order chi connectivity index (χ0) is 99.2. The van der Waals surface area contributed by atoms with Crippen molar-refractivity contribution < 1.29 is 71.3 Å². The summed E-state index contributed by atoms with van der Waals surface area (Å²) in [6, 6.07) is 74.3. The summed E-state index contributed by atoms with van der Waals surface area (Å²) in [4.78, 5) is 67.9. The quantitative estimate of drug-likeness (QED) is 0.0319. The number of carbonyl (C=O) groups is 5. The predicted octanol–water partition coefficient (Wildman–Crippen LogP) is 26.6. The average Bonchev–Trinajstić information content (AvgIpc) is 1.63. The Bertz CT molecular complexity index is 4310. The van der Waals surface area contributed by atoms with Crippen molar-refractivity contribution in [2.75, 3.05) is 107 Å². The Hall–Kier alpha value is -8.98. The molecule has 4 amide bonds. The zero-order valence-electron chi connectivity index (χ0n) is 85.4. The first-order chi connectivity index (χ1) is 68.2. The minimum atomic E-state index is -0.773. The van der Waals surface area contributed by atoms with Gasteiger partial charge in [-0.2, -0.15) is 0 Å². The number of nitrogens with two attached hydrogens (primary N) is 2. The molecule has 17 rings (SSSR count). The number of methoxy groups -OCH3 is 3. The molecule has 0 bridgehead atoms. The number of amides is 4. The van der Waals surface area contributed by atoms with Crippen LogP contribution in [0.25, 0.3) is 0 Å². The van der Waals surface area contributed by atoms with E-state index in [1.807, 2.05) is 70.5 Å². The van der Waals surface area contributed by atoms with Crippen LogP contribution >= 0.6 is 11.6 Å². The first-order valence-corrected chi connectivity index (χ1v) is 53.3. The Kier molecular flexibility index (Phi) is 59.0. The molecular weight excluding hydrogens is 1840 g/mol. The van der Waals surface area contributed by atoms with Crippen LogP contribution in [0.1, 0.15) is 308 Å². The van der Waals surface area contributed by atoms with E-state index in [1.54, 1.807) is 9.80 Å². The third-order valence-electron chi connectivity index (χ3n) is 31.1. The summed E-state index contributed by atoms with van der Waals surface area (Å²) in [5, 5.41) is 3.56. The maximum atomic E-state index is 12.7. The average molecular weight is 2030 g/mol. The second-order valence-electron chi connectivity index (χ2n) is 40.0. The highest BCUT2D eigenvalue weighted by Crippen LogP contribution is 2.41. The van der Waals surface area contributed by atoms with E-state index < -0.39 is 5.43 Å². The second-order valence-corrected chi connectivity index (χ2v) is 40.3. The van der Waals surface area contributed by atoms with Gasteiger partial charge in [-0.3, -0.25) is 0 Å². The first kappa shape index (κ1) is 125. The maximum Gasteiger partial charge on any atom is 0.410 e. The monoisotopic (exact) mass is 2030 g/mol. The summed E-state index contributed by atoms with van der Waals surface area (Å²) < 4.78 is 55.7. The molecule has 10 atom stereocenters. The van der Waals surface area contributed by atoms with Crippen LogP contribution < -0.4 is 16.8 Å². The van der Waals surface area contributed by atoms with Gasteiger partial charge in [0.2, 0.25) is 0 Å². The molecule has 5 aliphatic heterocycles. The molecule has 5 saturated heterocycles. The Morgan fingerprint density at radius 2 is 0.545 bits per heavy atom. The number of benzene rings is 7. The van der Waals surface area contributed by atoms with Gasteiger partial charge in [0.15, 0.2) is 0 Å². The molecule has 0 radical (unpaired) electrons. The molecule has 23 nitrogen and oxygen atoms in total. The van der Waals surface area contributed by atoms with Gasteiger partial charge in [-0.15, -0.1) is 0 Å². The molecular formula is C121H187ClN8O15. The summed E-state index contributed by atoms with van der Waals surface area (Å²) in [7, 11) is 4.08. The van der Waals surface area contributed by atoms with E-state index in [9.17, 15) is 24.0 Å². The fourth-order valence-corrected chi connectivity index (χ4v) is 21.9. The lowest BCUT2D eigenvalue weighted by molar-refractivity contribution is -0.0105. The molecule has 145 heavy (non-hydrogen) atoms. The van der Waals surface area contributed by atoms with Crippen molar-refractivity contribution >= 4 is 41.4 Å². The lowest BCUT2D eigenvalue weighted by atomic mass is 9.83. The third-order valence-corrected chi connectivity index (χ3v) is 31.3. The summed E-state index contributed by atoms with van der Waals surface area (Å²) in [6.07, 6.45) is 28.6. The molecule has 0 spiro atoms. The minimum absolute atomic E-state index is 0. The Morgan fingerprint density at radius 1 is 0.310 bits per heavy atom. The van der Waals surface area contributed by atoms with Gasteiger partial charge in [0.25, 0.3) is 0 Å². The number of hydrogen-bond acceptors (Lipinski definition) is 19. The van der Waals surface area contributed by atoms with Crippen LogP contribution in [0.3, 0.4) is 0 Å². The van der Waals surface area contributed by atoms with E-state index >= 15 is 0 Å². The molecule has 7 aromatic carbocycles. The molecule has 24 heteroatoms. The van der Waals surface area contributed by atoms with Gasteiger partial charge in [0.05, 0.1) is 109 Å². The van der Waals surface area contributed by atoms with Crippen LogP contribution in [0.2, 0.25) is 0 Å². The normalized spacial score (nSPS) is 26.5. The smallest absolute Gasteiger partial charge is 0.410 e. The summed E-state index contributed by atoms with van der Waals surface area (Å²) in [5.41, 5.74) is 21.0. The van der Waals surface area contributed by atoms with Gasteiger partial charge in [0.1, 0.15) is 13.2 Å².